The highest BCUT2D eigenvalue weighted by molar-refractivity contribution is 6.31. The summed E-state index contributed by atoms with van der Waals surface area (Å²) in [5.74, 6) is 0.997. The zero-order chi connectivity index (χ0) is 15.4. The van der Waals surface area contributed by atoms with Gasteiger partial charge >= 0.3 is 0 Å². The van der Waals surface area contributed by atoms with E-state index < -0.39 is 0 Å². The molecule has 0 fully saturated rings. The highest BCUT2D eigenvalue weighted by Crippen LogP contribution is 2.30. The average Bonchev–Trinajstić information content (AvgIpc) is 2.45. The zero-order valence-electron chi connectivity index (χ0n) is 11.9. The minimum Gasteiger partial charge on any atom is -0.455 e. The molecule has 0 saturated heterocycles. The molecule has 4 nitrogen and oxygen atoms in total. The number of hydrogen-bond donors (Lipinski definition) is 2. The van der Waals surface area contributed by atoms with E-state index in [0.29, 0.717) is 34.3 Å². The highest BCUT2D eigenvalue weighted by atomic mass is 35.5. The number of benzene rings is 2. The first-order valence-electron chi connectivity index (χ1n) is 6.63. The third-order valence-corrected chi connectivity index (χ3v) is 3.39. The van der Waals surface area contributed by atoms with E-state index in [9.17, 15) is 4.79 Å². The van der Waals surface area contributed by atoms with E-state index in [0.717, 1.165) is 5.56 Å². The standard InChI is InChI=1S/C16H17ClN2O2/c1-3-19-16(20)11-4-7-15(14(18)9-11)21-12-5-6-13(17)10(2)8-12/h4-9H,3,18H2,1-2H3,(H,19,20). The monoisotopic (exact) mass is 304 g/mol. The van der Waals surface area contributed by atoms with Crippen molar-refractivity contribution in [2.75, 3.05) is 12.3 Å². The van der Waals surface area contributed by atoms with Crippen LogP contribution in [0.15, 0.2) is 36.4 Å². The molecule has 1 amide bonds. The molecule has 0 radical (unpaired) electrons. The minimum absolute atomic E-state index is 0.155. The van der Waals surface area contributed by atoms with Gasteiger partial charge in [0.15, 0.2) is 0 Å². The van der Waals surface area contributed by atoms with E-state index in [1.165, 1.54) is 0 Å². The van der Waals surface area contributed by atoms with E-state index >= 15 is 0 Å². The van der Waals surface area contributed by atoms with E-state index in [1.807, 2.05) is 19.9 Å². The van der Waals surface area contributed by atoms with Gasteiger partial charge in [-0.05, 0) is 55.8 Å². The first-order chi connectivity index (χ1) is 10.0. The van der Waals surface area contributed by atoms with Gasteiger partial charge in [-0.3, -0.25) is 4.79 Å². The van der Waals surface area contributed by atoms with Gasteiger partial charge < -0.3 is 15.8 Å². The van der Waals surface area contributed by atoms with Crippen LogP contribution in [0.1, 0.15) is 22.8 Å². The quantitative estimate of drug-likeness (QED) is 0.845. The van der Waals surface area contributed by atoms with Crippen molar-refractivity contribution in [2.24, 2.45) is 0 Å². The molecule has 0 heterocycles. The van der Waals surface area contributed by atoms with Crippen LogP contribution in [-0.2, 0) is 0 Å². The SMILES string of the molecule is CCNC(=O)c1ccc(Oc2ccc(Cl)c(C)c2)c(N)c1. The molecule has 0 aliphatic carbocycles. The molecule has 3 N–H and O–H groups in total. The topological polar surface area (TPSA) is 64.3 Å². The van der Waals surface area contributed by atoms with Gasteiger partial charge in [0.25, 0.3) is 5.91 Å². The number of carbonyl (C=O) groups is 1. The highest BCUT2D eigenvalue weighted by Gasteiger charge is 2.09. The fourth-order valence-corrected chi connectivity index (χ4v) is 1.97. The lowest BCUT2D eigenvalue weighted by atomic mass is 10.1. The molecule has 0 bridgehead atoms. The number of ether oxygens (including phenoxy) is 1. The summed E-state index contributed by atoms with van der Waals surface area (Å²) >= 11 is 5.98. The molecule has 21 heavy (non-hydrogen) atoms. The van der Waals surface area contributed by atoms with Gasteiger partial charge in [0.2, 0.25) is 0 Å². The Balaban J connectivity index is 2.21. The first kappa shape index (κ1) is 15.2. The second-order valence-corrected chi connectivity index (χ2v) is 5.03. The van der Waals surface area contributed by atoms with Gasteiger partial charge in [0, 0.05) is 17.1 Å². The van der Waals surface area contributed by atoms with Crippen LogP contribution in [0.25, 0.3) is 0 Å². The average molecular weight is 305 g/mol. The smallest absolute Gasteiger partial charge is 0.251 e. The van der Waals surface area contributed by atoms with Gasteiger partial charge in [-0.25, -0.2) is 0 Å². The molecule has 0 atom stereocenters. The second kappa shape index (κ2) is 6.50. The number of aryl methyl sites for hydroxylation is 1. The number of hydrogen-bond acceptors (Lipinski definition) is 3. The van der Waals surface area contributed by atoms with Crippen LogP contribution in [0.5, 0.6) is 11.5 Å². The summed E-state index contributed by atoms with van der Waals surface area (Å²) in [6.45, 7) is 4.33. The molecule has 0 spiro atoms. The number of carbonyl (C=O) groups excluding carboxylic acids is 1. The largest absolute Gasteiger partial charge is 0.455 e. The van der Waals surface area contributed by atoms with Crippen LogP contribution in [0.3, 0.4) is 0 Å². The van der Waals surface area contributed by atoms with E-state index in [2.05, 4.69) is 5.32 Å². The third-order valence-electron chi connectivity index (χ3n) is 2.97. The first-order valence-corrected chi connectivity index (χ1v) is 7.00. The van der Waals surface area contributed by atoms with Crippen LogP contribution in [0.2, 0.25) is 5.02 Å². The molecule has 5 heteroatoms. The number of anilines is 1. The van der Waals surface area contributed by atoms with Crippen molar-refractivity contribution < 1.29 is 9.53 Å². The molecule has 0 unspecified atom stereocenters. The molecule has 2 aromatic rings. The van der Waals surface area contributed by atoms with Gasteiger partial charge in [-0.2, -0.15) is 0 Å². The summed E-state index contributed by atoms with van der Waals surface area (Å²) < 4.78 is 5.72. The molecule has 2 aromatic carbocycles. The molecule has 0 aliphatic rings. The Hall–Kier alpha value is -2.20. The Labute approximate surface area is 128 Å². The van der Waals surface area contributed by atoms with Crippen LogP contribution < -0.4 is 15.8 Å². The summed E-state index contributed by atoms with van der Waals surface area (Å²) in [5.41, 5.74) is 7.78. The van der Waals surface area contributed by atoms with Crippen LogP contribution in [0, 0.1) is 6.92 Å². The molecule has 110 valence electrons. The fraction of sp³-hybridized carbons (Fsp3) is 0.188. The maximum absolute atomic E-state index is 11.7. The summed E-state index contributed by atoms with van der Waals surface area (Å²) in [7, 11) is 0. The Morgan fingerprint density at radius 1 is 1.29 bits per heavy atom. The summed E-state index contributed by atoms with van der Waals surface area (Å²) in [5, 5.41) is 3.40. The molecular formula is C16H17ClN2O2. The van der Waals surface area contributed by atoms with Crippen molar-refractivity contribution in [3.05, 3.63) is 52.5 Å². The lowest BCUT2D eigenvalue weighted by molar-refractivity contribution is 0.0956. The van der Waals surface area contributed by atoms with Crippen molar-refractivity contribution in [3.8, 4) is 11.5 Å². The zero-order valence-corrected chi connectivity index (χ0v) is 12.7. The fourth-order valence-electron chi connectivity index (χ4n) is 1.85. The number of nitrogen functional groups attached to an aromatic ring is 1. The van der Waals surface area contributed by atoms with Crippen LogP contribution >= 0.6 is 11.6 Å². The van der Waals surface area contributed by atoms with E-state index in [-0.39, 0.29) is 5.91 Å². The normalized spacial score (nSPS) is 10.2. The lowest BCUT2D eigenvalue weighted by Crippen LogP contribution is -2.22. The van der Waals surface area contributed by atoms with E-state index in [1.54, 1.807) is 30.3 Å². The van der Waals surface area contributed by atoms with Gasteiger partial charge in [-0.15, -0.1) is 0 Å². The predicted octanol–water partition coefficient (Wildman–Crippen LogP) is 3.77. The van der Waals surface area contributed by atoms with Gasteiger partial charge in [0.1, 0.15) is 11.5 Å². The van der Waals surface area contributed by atoms with Crippen LogP contribution in [0.4, 0.5) is 5.69 Å². The molecule has 2 rings (SSSR count). The number of nitrogens with one attached hydrogen (secondary N) is 1. The van der Waals surface area contributed by atoms with E-state index in [4.69, 9.17) is 22.1 Å². The lowest BCUT2D eigenvalue weighted by Gasteiger charge is -2.11. The molecule has 0 aliphatic heterocycles. The molecule has 0 saturated carbocycles. The Morgan fingerprint density at radius 3 is 2.67 bits per heavy atom. The van der Waals surface area contributed by atoms with Gasteiger partial charge in [0.05, 0.1) is 5.69 Å². The van der Waals surface area contributed by atoms with Crippen LogP contribution in [-0.4, -0.2) is 12.5 Å². The summed E-state index contributed by atoms with van der Waals surface area (Å²) in [6, 6.07) is 10.3. The van der Waals surface area contributed by atoms with Crippen molar-refractivity contribution in [1.82, 2.24) is 5.32 Å². The maximum atomic E-state index is 11.7. The van der Waals surface area contributed by atoms with Gasteiger partial charge in [-0.1, -0.05) is 11.6 Å². The Bertz CT molecular complexity index is 671. The van der Waals surface area contributed by atoms with Crippen molar-refractivity contribution in [1.29, 1.82) is 0 Å². The number of halogens is 1. The van der Waals surface area contributed by atoms with Crippen molar-refractivity contribution in [2.45, 2.75) is 13.8 Å². The third kappa shape index (κ3) is 3.67. The predicted molar refractivity (Wildman–Crippen MR) is 85.1 cm³/mol. The summed E-state index contributed by atoms with van der Waals surface area (Å²) in [4.78, 5) is 11.7. The number of amides is 1. The Kier molecular flexibility index (Phi) is 4.70. The summed E-state index contributed by atoms with van der Waals surface area (Å²) in [6.07, 6.45) is 0. The second-order valence-electron chi connectivity index (χ2n) is 4.63. The maximum Gasteiger partial charge on any atom is 0.251 e. The minimum atomic E-state index is -0.155. The number of rotatable bonds is 4. The van der Waals surface area contributed by atoms with Crippen molar-refractivity contribution in [3.63, 3.8) is 0 Å². The number of nitrogens with two attached hydrogens (primary N) is 1. The van der Waals surface area contributed by atoms with Crippen molar-refractivity contribution >= 4 is 23.2 Å². The Morgan fingerprint density at radius 2 is 2.05 bits per heavy atom. The molecule has 0 aromatic heterocycles. The molecular weight excluding hydrogens is 288 g/mol.